The molecule has 0 spiro atoms. The van der Waals surface area contributed by atoms with Gasteiger partial charge in [-0.05, 0) is 66.2 Å². The van der Waals surface area contributed by atoms with E-state index in [0.717, 1.165) is 24.1 Å². The minimum absolute atomic E-state index is 0.101. The Morgan fingerprint density at radius 1 is 1.11 bits per heavy atom. The van der Waals surface area contributed by atoms with Crippen LogP contribution in [-0.4, -0.2) is 28.3 Å². The van der Waals surface area contributed by atoms with Crippen LogP contribution in [0.25, 0.3) is 5.76 Å². The maximum absolute atomic E-state index is 13.2. The van der Waals surface area contributed by atoms with Crippen molar-refractivity contribution in [2.24, 2.45) is 0 Å². The number of carbonyl (C=O) groups is 2. The summed E-state index contributed by atoms with van der Waals surface area (Å²) in [5, 5.41) is 13.0. The van der Waals surface area contributed by atoms with Gasteiger partial charge in [-0.2, -0.15) is 13.2 Å². The van der Waals surface area contributed by atoms with Gasteiger partial charge >= 0.3 is 6.18 Å². The molecule has 0 bridgehead atoms. The fourth-order valence-corrected chi connectivity index (χ4v) is 5.00. The normalized spacial score (nSPS) is 17.6. The number of halogens is 3. The van der Waals surface area contributed by atoms with Gasteiger partial charge in [-0.25, -0.2) is 0 Å². The molecule has 1 aliphatic heterocycles. The smallest absolute Gasteiger partial charge is 0.416 e. The Kier molecular flexibility index (Phi) is 7.21. The lowest BCUT2D eigenvalue weighted by Gasteiger charge is -2.24. The van der Waals surface area contributed by atoms with E-state index in [1.54, 1.807) is 35.7 Å². The first-order valence-electron chi connectivity index (χ1n) is 11.3. The first-order chi connectivity index (χ1) is 17.1. The third-order valence-corrected chi connectivity index (χ3v) is 6.79. The maximum Gasteiger partial charge on any atom is 0.416 e. The molecule has 188 valence electrons. The summed E-state index contributed by atoms with van der Waals surface area (Å²) in [6, 6.07) is 12.2. The molecule has 1 unspecified atom stereocenters. The molecule has 1 N–H and O–H groups in total. The number of nitrogens with zero attached hydrogens (tertiary/aromatic N) is 1. The number of carbonyl (C=O) groups excluding carboxylic acids is 2. The van der Waals surface area contributed by atoms with Crippen molar-refractivity contribution in [3.05, 3.63) is 92.7 Å². The zero-order valence-corrected chi connectivity index (χ0v) is 20.4. The van der Waals surface area contributed by atoms with Crippen molar-refractivity contribution in [1.82, 2.24) is 4.90 Å². The molecule has 1 atom stereocenters. The van der Waals surface area contributed by atoms with Crippen LogP contribution in [0.15, 0.2) is 65.6 Å². The monoisotopic (exact) mass is 515 g/mol. The van der Waals surface area contributed by atoms with Crippen molar-refractivity contribution >= 4 is 28.8 Å². The summed E-state index contributed by atoms with van der Waals surface area (Å²) >= 11 is 1.29. The van der Waals surface area contributed by atoms with E-state index >= 15 is 0 Å². The van der Waals surface area contributed by atoms with E-state index in [1.165, 1.54) is 28.4 Å². The highest BCUT2D eigenvalue weighted by Gasteiger charge is 2.46. The van der Waals surface area contributed by atoms with Crippen LogP contribution < -0.4 is 4.74 Å². The third kappa shape index (κ3) is 5.02. The number of thiophene rings is 1. The number of likely N-dealkylation sites (tertiary alicyclic amines) is 1. The molecule has 4 rings (SSSR count). The average molecular weight is 516 g/mol. The maximum atomic E-state index is 13.2. The van der Waals surface area contributed by atoms with Gasteiger partial charge in [0.2, 0.25) is 0 Å². The molecular formula is C27H24F3NO4S. The fourth-order valence-electron chi connectivity index (χ4n) is 4.15. The number of ether oxygens (including phenoxy) is 1. The number of aryl methyl sites for hydroxylation is 1. The number of aliphatic hydroxyl groups is 1. The minimum Gasteiger partial charge on any atom is -0.507 e. The van der Waals surface area contributed by atoms with E-state index in [0.29, 0.717) is 22.8 Å². The second-order valence-electron chi connectivity index (χ2n) is 8.47. The van der Waals surface area contributed by atoms with Crippen LogP contribution in [0.5, 0.6) is 5.75 Å². The van der Waals surface area contributed by atoms with Gasteiger partial charge in [-0.1, -0.05) is 25.1 Å². The lowest BCUT2D eigenvalue weighted by Crippen LogP contribution is -2.29. The zero-order chi connectivity index (χ0) is 26.0. The SMILES string of the molecule is CCCOc1ccc(/C(O)=C2/C(=O)C(=O)N(Cc3cccc(C(F)(F)F)c3)C2c2cccs2)cc1C. The fraction of sp³-hybridized carbons (Fsp3) is 0.259. The van der Waals surface area contributed by atoms with Gasteiger partial charge in [-0.3, -0.25) is 9.59 Å². The molecule has 2 heterocycles. The first kappa shape index (κ1) is 25.5. The summed E-state index contributed by atoms with van der Waals surface area (Å²) in [5.74, 6) is -1.47. The van der Waals surface area contributed by atoms with Crippen molar-refractivity contribution in [2.45, 2.75) is 39.0 Å². The average Bonchev–Trinajstić information content (AvgIpc) is 3.45. The molecule has 0 aliphatic carbocycles. The van der Waals surface area contributed by atoms with Crippen LogP contribution in [0.1, 0.15) is 46.5 Å². The van der Waals surface area contributed by atoms with E-state index in [2.05, 4.69) is 0 Å². The molecule has 0 radical (unpaired) electrons. The number of hydrogen-bond acceptors (Lipinski definition) is 5. The number of amides is 1. The Balaban J connectivity index is 1.76. The summed E-state index contributed by atoms with van der Waals surface area (Å²) in [5.41, 5.74) is 0.371. The molecule has 1 aromatic heterocycles. The van der Waals surface area contributed by atoms with Gasteiger partial charge in [0, 0.05) is 17.0 Å². The second-order valence-corrected chi connectivity index (χ2v) is 9.45. The Morgan fingerprint density at radius 3 is 2.53 bits per heavy atom. The molecule has 0 saturated carbocycles. The van der Waals surface area contributed by atoms with Gasteiger partial charge in [0.1, 0.15) is 11.5 Å². The number of aliphatic hydroxyl groups excluding tert-OH is 1. The molecule has 9 heteroatoms. The lowest BCUT2D eigenvalue weighted by atomic mass is 9.98. The van der Waals surface area contributed by atoms with Crippen LogP contribution >= 0.6 is 11.3 Å². The third-order valence-electron chi connectivity index (χ3n) is 5.87. The number of rotatable bonds is 7. The van der Waals surface area contributed by atoms with Crippen LogP contribution in [0, 0.1) is 6.92 Å². The standard InChI is InChI=1S/C27H24F3NO4S/c1-3-11-35-20-10-9-18(13-16(20)2)24(32)22-23(21-8-5-12-36-21)31(26(34)25(22)33)15-17-6-4-7-19(14-17)27(28,29)30/h4-10,12-14,23,32H,3,11,15H2,1-2H3/b24-22-. The number of alkyl halides is 3. The van der Waals surface area contributed by atoms with Gasteiger partial charge in [0.05, 0.1) is 23.8 Å². The highest BCUT2D eigenvalue weighted by molar-refractivity contribution is 7.10. The molecule has 36 heavy (non-hydrogen) atoms. The van der Waals surface area contributed by atoms with Crippen LogP contribution in [0.2, 0.25) is 0 Å². The number of hydrogen-bond donors (Lipinski definition) is 1. The number of benzene rings is 2. The van der Waals surface area contributed by atoms with E-state index in [-0.39, 0.29) is 23.4 Å². The van der Waals surface area contributed by atoms with E-state index in [1.807, 2.05) is 13.8 Å². The number of ketones is 1. The molecule has 3 aromatic rings. The highest BCUT2D eigenvalue weighted by atomic mass is 32.1. The Bertz CT molecular complexity index is 1310. The van der Waals surface area contributed by atoms with Crippen molar-refractivity contribution in [3.63, 3.8) is 0 Å². The molecule has 5 nitrogen and oxygen atoms in total. The Labute approximate surface area is 210 Å². The van der Waals surface area contributed by atoms with Gasteiger partial charge in [0.15, 0.2) is 0 Å². The first-order valence-corrected chi connectivity index (χ1v) is 12.2. The topological polar surface area (TPSA) is 66.8 Å². The number of Topliss-reactive ketones (excluding diaryl/α,β-unsaturated/α-hetero) is 1. The van der Waals surface area contributed by atoms with Gasteiger partial charge in [0.25, 0.3) is 11.7 Å². The highest BCUT2D eigenvalue weighted by Crippen LogP contribution is 2.42. The van der Waals surface area contributed by atoms with Crippen molar-refractivity contribution in [2.75, 3.05) is 6.61 Å². The molecular weight excluding hydrogens is 491 g/mol. The zero-order valence-electron chi connectivity index (χ0n) is 19.6. The van der Waals surface area contributed by atoms with Crippen molar-refractivity contribution in [3.8, 4) is 5.75 Å². The van der Waals surface area contributed by atoms with Crippen molar-refractivity contribution in [1.29, 1.82) is 0 Å². The van der Waals surface area contributed by atoms with Gasteiger partial charge in [-0.15, -0.1) is 11.3 Å². The summed E-state index contributed by atoms with van der Waals surface area (Å²) in [6.07, 6.45) is -3.71. The largest absolute Gasteiger partial charge is 0.507 e. The molecule has 1 amide bonds. The summed E-state index contributed by atoms with van der Waals surface area (Å²) < 4.78 is 45.3. The van der Waals surface area contributed by atoms with Gasteiger partial charge < -0.3 is 14.7 Å². The summed E-state index contributed by atoms with van der Waals surface area (Å²) in [4.78, 5) is 28.0. The molecule has 1 saturated heterocycles. The predicted molar refractivity (Wildman–Crippen MR) is 131 cm³/mol. The van der Waals surface area contributed by atoms with E-state index in [9.17, 15) is 27.9 Å². The van der Waals surface area contributed by atoms with E-state index < -0.39 is 29.5 Å². The molecule has 1 aliphatic rings. The van der Waals surface area contributed by atoms with Crippen LogP contribution in [-0.2, 0) is 22.3 Å². The quantitative estimate of drug-likeness (QED) is 0.222. The predicted octanol–water partition coefficient (Wildman–Crippen LogP) is 6.49. The van der Waals surface area contributed by atoms with Crippen LogP contribution in [0.3, 0.4) is 0 Å². The molecule has 1 fully saturated rings. The summed E-state index contributed by atoms with van der Waals surface area (Å²) in [7, 11) is 0. The Hall–Kier alpha value is -3.59. The second kappa shape index (κ2) is 10.2. The Morgan fingerprint density at radius 2 is 1.89 bits per heavy atom. The lowest BCUT2D eigenvalue weighted by molar-refractivity contribution is -0.140. The molecule has 2 aromatic carbocycles. The van der Waals surface area contributed by atoms with Crippen LogP contribution in [0.4, 0.5) is 13.2 Å². The summed E-state index contributed by atoms with van der Waals surface area (Å²) in [6.45, 7) is 4.10. The minimum atomic E-state index is -4.54. The van der Waals surface area contributed by atoms with E-state index in [4.69, 9.17) is 4.74 Å². The van der Waals surface area contributed by atoms with Crippen molar-refractivity contribution < 1.29 is 32.6 Å².